The lowest BCUT2D eigenvalue weighted by atomic mass is 9.91. The topological polar surface area (TPSA) is 66.6 Å². The zero-order valence-corrected chi connectivity index (χ0v) is 11.4. The molecule has 0 spiro atoms. The van der Waals surface area contributed by atoms with E-state index in [4.69, 9.17) is 0 Å². The lowest BCUT2D eigenvalue weighted by molar-refractivity contribution is -0.385. The van der Waals surface area contributed by atoms with Gasteiger partial charge in [0.25, 0.3) is 5.69 Å². The van der Waals surface area contributed by atoms with E-state index < -0.39 is 0 Å². The molecule has 2 rings (SSSR count). The van der Waals surface area contributed by atoms with Crippen molar-refractivity contribution in [2.45, 2.75) is 44.8 Å². The number of aliphatic hydroxyl groups excluding tert-OH is 1. The van der Waals surface area contributed by atoms with Gasteiger partial charge in [0, 0.05) is 18.8 Å². The molecule has 5 nitrogen and oxygen atoms in total. The maximum atomic E-state index is 11.0. The summed E-state index contributed by atoms with van der Waals surface area (Å²) in [5, 5.41) is 21.1. The molecule has 0 amide bonds. The van der Waals surface area contributed by atoms with E-state index in [0.717, 1.165) is 31.4 Å². The van der Waals surface area contributed by atoms with Crippen molar-refractivity contribution in [2.24, 2.45) is 0 Å². The molecule has 0 radical (unpaired) electrons. The lowest BCUT2D eigenvalue weighted by Crippen LogP contribution is -2.43. The highest BCUT2D eigenvalue weighted by Crippen LogP contribution is 2.32. The molecule has 2 atom stereocenters. The Morgan fingerprint density at radius 2 is 2.05 bits per heavy atom. The number of benzene rings is 1. The van der Waals surface area contributed by atoms with Gasteiger partial charge in [-0.25, -0.2) is 0 Å². The van der Waals surface area contributed by atoms with Crippen molar-refractivity contribution in [3.05, 3.63) is 33.9 Å². The van der Waals surface area contributed by atoms with Crippen LogP contribution in [-0.4, -0.2) is 29.2 Å². The molecule has 0 heterocycles. The van der Waals surface area contributed by atoms with Gasteiger partial charge in [0.15, 0.2) is 0 Å². The van der Waals surface area contributed by atoms with Gasteiger partial charge in [0.1, 0.15) is 0 Å². The van der Waals surface area contributed by atoms with E-state index >= 15 is 0 Å². The Morgan fingerprint density at radius 1 is 1.37 bits per heavy atom. The van der Waals surface area contributed by atoms with Crippen LogP contribution in [0.3, 0.4) is 0 Å². The van der Waals surface area contributed by atoms with Gasteiger partial charge in [-0.1, -0.05) is 18.9 Å². The van der Waals surface area contributed by atoms with Crippen molar-refractivity contribution < 1.29 is 10.0 Å². The first-order chi connectivity index (χ1) is 9.02. The fraction of sp³-hybridized carbons (Fsp3) is 0.571. The first-order valence-electron chi connectivity index (χ1n) is 6.67. The van der Waals surface area contributed by atoms with Gasteiger partial charge >= 0.3 is 0 Å². The summed E-state index contributed by atoms with van der Waals surface area (Å²) in [6, 6.07) is 5.15. The summed E-state index contributed by atoms with van der Waals surface area (Å²) in [7, 11) is 1.91. The van der Waals surface area contributed by atoms with Crippen molar-refractivity contribution in [2.75, 3.05) is 11.9 Å². The zero-order valence-electron chi connectivity index (χ0n) is 11.4. The molecule has 104 valence electrons. The van der Waals surface area contributed by atoms with Crippen molar-refractivity contribution >= 4 is 11.4 Å². The monoisotopic (exact) mass is 264 g/mol. The van der Waals surface area contributed by atoms with E-state index in [0.29, 0.717) is 5.56 Å². The minimum Gasteiger partial charge on any atom is -0.391 e. The number of hydrogen-bond acceptors (Lipinski definition) is 4. The largest absolute Gasteiger partial charge is 0.391 e. The third kappa shape index (κ3) is 2.71. The Morgan fingerprint density at radius 3 is 2.68 bits per heavy atom. The van der Waals surface area contributed by atoms with Crippen LogP contribution in [0.15, 0.2) is 18.2 Å². The molecule has 1 aliphatic carbocycles. The van der Waals surface area contributed by atoms with E-state index in [-0.39, 0.29) is 22.8 Å². The van der Waals surface area contributed by atoms with Crippen LogP contribution in [0.5, 0.6) is 0 Å². The van der Waals surface area contributed by atoms with E-state index in [1.54, 1.807) is 13.0 Å². The highest BCUT2D eigenvalue weighted by atomic mass is 16.6. The summed E-state index contributed by atoms with van der Waals surface area (Å²) in [5.74, 6) is 0. The van der Waals surface area contributed by atoms with E-state index in [1.165, 1.54) is 6.07 Å². The first kappa shape index (κ1) is 13.8. The second kappa shape index (κ2) is 5.57. The summed E-state index contributed by atoms with van der Waals surface area (Å²) in [4.78, 5) is 12.6. The van der Waals surface area contributed by atoms with Crippen LogP contribution in [0.1, 0.15) is 31.2 Å². The summed E-state index contributed by atoms with van der Waals surface area (Å²) in [6.45, 7) is 1.76. The van der Waals surface area contributed by atoms with Crippen molar-refractivity contribution in [1.29, 1.82) is 0 Å². The maximum absolute atomic E-state index is 11.0. The second-order valence-electron chi connectivity index (χ2n) is 5.21. The highest BCUT2D eigenvalue weighted by Gasteiger charge is 2.28. The molecule has 0 bridgehead atoms. The molecule has 19 heavy (non-hydrogen) atoms. The number of anilines is 1. The normalized spacial score (nSPS) is 23.1. The Labute approximate surface area is 113 Å². The van der Waals surface area contributed by atoms with Crippen molar-refractivity contribution in [3.63, 3.8) is 0 Å². The number of nitro benzene ring substituents is 1. The molecule has 0 saturated heterocycles. The molecule has 1 fully saturated rings. The van der Waals surface area contributed by atoms with Crippen LogP contribution in [-0.2, 0) is 0 Å². The Kier molecular flexibility index (Phi) is 4.04. The average molecular weight is 264 g/mol. The molecule has 0 aromatic heterocycles. The number of hydrogen-bond donors (Lipinski definition) is 1. The van der Waals surface area contributed by atoms with Crippen LogP contribution in [0.2, 0.25) is 0 Å². The van der Waals surface area contributed by atoms with E-state index in [9.17, 15) is 15.2 Å². The number of likely N-dealkylation sites (N-methyl/N-ethyl adjacent to an activating group) is 1. The molecule has 1 N–H and O–H groups in total. The Balaban J connectivity index is 2.30. The SMILES string of the molecule is Cc1c(N(C)C2CCCCC2O)cccc1[N+](=O)[O-]. The Hall–Kier alpha value is -1.62. The molecule has 1 saturated carbocycles. The van der Waals surface area contributed by atoms with Gasteiger partial charge in [-0.2, -0.15) is 0 Å². The van der Waals surface area contributed by atoms with Crippen LogP contribution in [0.25, 0.3) is 0 Å². The van der Waals surface area contributed by atoms with Gasteiger partial charge in [-0.15, -0.1) is 0 Å². The molecular weight excluding hydrogens is 244 g/mol. The van der Waals surface area contributed by atoms with E-state index in [2.05, 4.69) is 0 Å². The van der Waals surface area contributed by atoms with Gasteiger partial charge in [-0.3, -0.25) is 10.1 Å². The summed E-state index contributed by atoms with van der Waals surface area (Å²) in [5.41, 5.74) is 1.63. The highest BCUT2D eigenvalue weighted by molar-refractivity contribution is 5.61. The molecule has 0 aliphatic heterocycles. The van der Waals surface area contributed by atoms with Gasteiger partial charge in [0.2, 0.25) is 0 Å². The lowest BCUT2D eigenvalue weighted by Gasteiger charge is -2.37. The van der Waals surface area contributed by atoms with Gasteiger partial charge < -0.3 is 10.0 Å². The summed E-state index contributed by atoms with van der Waals surface area (Å²) < 4.78 is 0. The number of nitro groups is 1. The fourth-order valence-electron chi connectivity index (χ4n) is 2.91. The van der Waals surface area contributed by atoms with Crippen molar-refractivity contribution in [3.8, 4) is 0 Å². The van der Waals surface area contributed by atoms with Crippen LogP contribution in [0.4, 0.5) is 11.4 Å². The van der Waals surface area contributed by atoms with Gasteiger partial charge in [-0.05, 0) is 25.8 Å². The minimum absolute atomic E-state index is 0.0504. The predicted molar refractivity (Wildman–Crippen MR) is 74.5 cm³/mol. The summed E-state index contributed by atoms with van der Waals surface area (Å²) in [6.07, 6.45) is 3.54. The molecular formula is C14H20N2O3. The molecule has 1 aliphatic rings. The van der Waals surface area contributed by atoms with Crippen molar-refractivity contribution in [1.82, 2.24) is 0 Å². The fourth-order valence-corrected chi connectivity index (χ4v) is 2.91. The number of aliphatic hydroxyl groups is 1. The molecule has 1 aromatic rings. The van der Waals surface area contributed by atoms with Crippen LogP contribution < -0.4 is 4.90 Å². The van der Waals surface area contributed by atoms with Gasteiger partial charge in [0.05, 0.1) is 22.6 Å². The van der Waals surface area contributed by atoms with Crippen LogP contribution >= 0.6 is 0 Å². The van der Waals surface area contributed by atoms with Crippen LogP contribution in [0, 0.1) is 17.0 Å². The first-order valence-corrected chi connectivity index (χ1v) is 6.67. The smallest absolute Gasteiger partial charge is 0.274 e. The maximum Gasteiger partial charge on any atom is 0.274 e. The Bertz CT molecular complexity index is 476. The third-order valence-corrected chi connectivity index (χ3v) is 4.04. The number of nitrogens with zero attached hydrogens (tertiary/aromatic N) is 2. The molecule has 2 unspecified atom stereocenters. The molecule has 1 aromatic carbocycles. The molecule has 5 heteroatoms. The third-order valence-electron chi connectivity index (χ3n) is 4.04. The average Bonchev–Trinajstić information content (AvgIpc) is 2.38. The standard InChI is InChI=1S/C14H20N2O3/c1-10-11(7-5-8-12(10)16(18)19)15(2)13-6-3-4-9-14(13)17/h5,7-8,13-14,17H,3-4,6,9H2,1-2H3. The second-order valence-corrected chi connectivity index (χ2v) is 5.21. The predicted octanol–water partition coefficient (Wildman–Crippen LogP) is 2.64. The zero-order chi connectivity index (χ0) is 14.0. The quantitative estimate of drug-likeness (QED) is 0.673. The minimum atomic E-state index is -0.357. The van der Waals surface area contributed by atoms with E-state index in [1.807, 2.05) is 18.0 Å². The number of rotatable bonds is 3. The summed E-state index contributed by atoms with van der Waals surface area (Å²) >= 11 is 0.